The summed E-state index contributed by atoms with van der Waals surface area (Å²) in [6.45, 7) is 6.90. The van der Waals surface area contributed by atoms with Crippen molar-refractivity contribution in [3.8, 4) is 0 Å². The zero-order valence-electron chi connectivity index (χ0n) is 23.9. The van der Waals surface area contributed by atoms with E-state index in [0.717, 1.165) is 55.4 Å². The maximum absolute atomic E-state index is 12.5. The largest absolute Gasteiger partial charge is 0.453 e. The summed E-state index contributed by atoms with van der Waals surface area (Å²) in [5.74, 6) is -0.193. The van der Waals surface area contributed by atoms with E-state index in [0.29, 0.717) is 12.1 Å². The van der Waals surface area contributed by atoms with Crippen molar-refractivity contribution in [2.45, 2.75) is 51.5 Å². The first-order valence-electron chi connectivity index (χ1n) is 14.2. The Labute approximate surface area is 245 Å². The Morgan fingerprint density at radius 1 is 1.02 bits per heavy atom. The predicted molar refractivity (Wildman–Crippen MR) is 155 cm³/mol. The average Bonchev–Trinajstić information content (AvgIpc) is 3.01. The molecule has 0 bridgehead atoms. The van der Waals surface area contributed by atoms with Gasteiger partial charge in [-0.3, -0.25) is 14.5 Å². The molecule has 222 valence electrons. The maximum atomic E-state index is 12.5. The molecule has 2 saturated heterocycles. The van der Waals surface area contributed by atoms with Gasteiger partial charge in [-0.15, -0.1) is 0 Å². The van der Waals surface area contributed by atoms with Crippen LogP contribution in [-0.2, 0) is 30.4 Å². The van der Waals surface area contributed by atoms with Crippen LogP contribution in [0.5, 0.6) is 0 Å². The summed E-state index contributed by atoms with van der Waals surface area (Å²) in [5.41, 5.74) is 3.16. The van der Waals surface area contributed by atoms with Gasteiger partial charge in [0.15, 0.2) is 12.4 Å². The summed E-state index contributed by atoms with van der Waals surface area (Å²) in [7, 11) is 0. The second-order valence-electron chi connectivity index (χ2n) is 10.6. The lowest BCUT2D eigenvalue weighted by molar-refractivity contribution is -0.253. The lowest BCUT2D eigenvalue weighted by Crippen LogP contribution is -2.50. The summed E-state index contributed by atoms with van der Waals surface area (Å²) < 4.78 is 18.0. The van der Waals surface area contributed by atoms with Crippen molar-refractivity contribution < 1.29 is 28.9 Å². The van der Waals surface area contributed by atoms with Gasteiger partial charge in [0.25, 0.3) is 5.91 Å². The van der Waals surface area contributed by atoms with Gasteiger partial charge in [0.1, 0.15) is 0 Å². The number of nitrogens with one attached hydrogen (secondary N) is 1. The summed E-state index contributed by atoms with van der Waals surface area (Å²) >= 11 is 0. The molecule has 1 aromatic heterocycles. The van der Waals surface area contributed by atoms with Crippen molar-refractivity contribution in [3.63, 3.8) is 0 Å². The molecule has 2 aliphatic rings. The number of nitrogens with zero attached hydrogens (tertiary/aromatic N) is 4. The quantitative estimate of drug-likeness (QED) is 0.367. The van der Waals surface area contributed by atoms with Gasteiger partial charge in [-0.05, 0) is 36.2 Å². The van der Waals surface area contributed by atoms with Crippen LogP contribution in [-0.4, -0.2) is 76.8 Å². The van der Waals surface area contributed by atoms with Gasteiger partial charge < -0.3 is 29.5 Å². The van der Waals surface area contributed by atoms with Gasteiger partial charge >= 0.3 is 5.97 Å². The van der Waals surface area contributed by atoms with Crippen LogP contribution in [0.1, 0.15) is 49.4 Å². The first kappa shape index (κ1) is 29.6. The molecular formula is C31H37N5O6. The monoisotopic (exact) mass is 575 g/mol. The van der Waals surface area contributed by atoms with Gasteiger partial charge in [-0.1, -0.05) is 36.4 Å². The third-order valence-corrected chi connectivity index (χ3v) is 7.42. The number of anilines is 2. The molecule has 42 heavy (non-hydrogen) atoms. The number of ether oxygens (including phenoxy) is 3. The van der Waals surface area contributed by atoms with E-state index in [2.05, 4.69) is 25.1 Å². The Bertz CT molecular complexity index is 1330. The molecule has 2 aromatic carbocycles. The Hall–Kier alpha value is -3.90. The normalized spacial score (nSPS) is 21.9. The molecule has 2 aliphatic heterocycles. The number of amides is 1. The van der Waals surface area contributed by atoms with E-state index in [4.69, 9.17) is 14.2 Å². The molecule has 1 amide bonds. The van der Waals surface area contributed by atoms with Gasteiger partial charge in [0.2, 0.25) is 5.95 Å². The Morgan fingerprint density at radius 2 is 1.76 bits per heavy atom. The third kappa shape index (κ3) is 7.68. The molecule has 0 unspecified atom stereocenters. The van der Waals surface area contributed by atoms with E-state index < -0.39 is 24.3 Å². The van der Waals surface area contributed by atoms with E-state index in [-0.39, 0.29) is 18.8 Å². The van der Waals surface area contributed by atoms with Crippen LogP contribution in [0.25, 0.3) is 0 Å². The number of carbonyl (C=O) groups is 2. The Balaban J connectivity index is 1.29. The molecule has 0 aliphatic carbocycles. The number of esters is 1. The number of carbonyl (C=O) groups excluding carboxylic acids is 2. The number of aromatic nitrogens is 2. The fourth-order valence-corrected chi connectivity index (χ4v) is 5.22. The van der Waals surface area contributed by atoms with Crippen molar-refractivity contribution in [1.29, 1.82) is 0 Å². The van der Waals surface area contributed by atoms with Gasteiger partial charge in [0, 0.05) is 69.7 Å². The van der Waals surface area contributed by atoms with Crippen LogP contribution < -0.4 is 10.2 Å². The Morgan fingerprint density at radius 3 is 2.45 bits per heavy atom. The van der Waals surface area contributed by atoms with Crippen molar-refractivity contribution in [3.05, 3.63) is 83.7 Å². The molecule has 0 spiro atoms. The van der Waals surface area contributed by atoms with Crippen LogP contribution in [0, 0.1) is 0 Å². The highest BCUT2D eigenvalue weighted by atomic mass is 16.7. The van der Waals surface area contributed by atoms with Gasteiger partial charge in [-0.2, -0.15) is 0 Å². The van der Waals surface area contributed by atoms with Gasteiger partial charge in [0.05, 0.1) is 18.8 Å². The maximum Gasteiger partial charge on any atom is 0.303 e. The van der Waals surface area contributed by atoms with E-state index in [9.17, 15) is 14.7 Å². The molecular weight excluding hydrogens is 538 g/mol. The number of aliphatic hydroxyl groups excluding tert-OH is 1. The van der Waals surface area contributed by atoms with Crippen molar-refractivity contribution in [2.24, 2.45) is 0 Å². The Kier molecular flexibility index (Phi) is 9.75. The van der Waals surface area contributed by atoms with E-state index in [1.807, 2.05) is 48.5 Å². The first-order chi connectivity index (χ1) is 20.4. The lowest BCUT2D eigenvalue weighted by Gasteiger charge is -2.40. The van der Waals surface area contributed by atoms with Crippen LogP contribution in [0.4, 0.5) is 11.6 Å². The molecule has 4 atom stereocenters. The summed E-state index contributed by atoms with van der Waals surface area (Å²) in [4.78, 5) is 37.1. The van der Waals surface area contributed by atoms with E-state index in [1.165, 1.54) is 13.8 Å². The molecule has 11 nitrogen and oxygen atoms in total. The molecule has 3 heterocycles. The smallest absolute Gasteiger partial charge is 0.303 e. The number of hydrogen-bond donors (Lipinski definition) is 2. The van der Waals surface area contributed by atoms with E-state index >= 15 is 0 Å². The molecule has 5 rings (SSSR count). The lowest BCUT2D eigenvalue weighted by atomic mass is 9.99. The predicted octanol–water partition coefficient (Wildman–Crippen LogP) is 3.23. The average molecular weight is 576 g/mol. The zero-order valence-corrected chi connectivity index (χ0v) is 23.9. The molecule has 0 saturated carbocycles. The van der Waals surface area contributed by atoms with Crippen LogP contribution in [0.3, 0.4) is 0 Å². The third-order valence-electron chi connectivity index (χ3n) is 7.42. The molecule has 0 radical (unpaired) electrons. The van der Waals surface area contributed by atoms with Gasteiger partial charge in [-0.25, -0.2) is 9.97 Å². The highest BCUT2D eigenvalue weighted by molar-refractivity contribution is 5.95. The molecule has 2 fully saturated rings. The minimum absolute atomic E-state index is 0.0191. The first-order valence-corrected chi connectivity index (χ1v) is 14.2. The second kappa shape index (κ2) is 13.8. The number of piperazine rings is 1. The van der Waals surface area contributed by atoms with Crippen molar-refractivity contribution in [1.82, 2.24) is 14.9 Å². The number of aliphatic hydroxyl groups is 1. The topological polar surface area (TPSA) is 126 Å². The molecule has 2 N–H and O–H groups in total. The van der Waals surface area contributed by atoms with Crippen LogP contribution in [0.15, 0.2) is 67.0 Å². The van der Waals surface area contributed by atoms with Crippen LogP contribution >= 0.6 is 0 Å². The fraction of sp³-hybridized carbons (Fsp3) is 0.419. The fourth-order valence-electron chi connectivity index (χ4n) is 5.22. The highest BCUT2D eigenvalue weighted by Crippen LogP contribution is 2.38. The van der Waals surface area contributed by atoms with Crippen molar-refractivity contribution in [2.75, 3.05) is 42.9 Å². The summed E-state index contributed by atoms with van der Waals surface area (Å²) in [6, 6.07) is 16.9. The van der Waals surface area contributed by atoms with Crippen LogP contribution in [0.2, 0.25) is 0 Å². The SMILES string of the molecule is CC(=O)O[C@@H](C)C(=O)Nc1cccc([C@@H]2O[C@H](CN3CCN(c4ncccn4)CC3)C[C@H](c3ccc(CO)cc3)O2)c1. The zero-order chi connectivity index (χ0) is 29.5. The van der Waals surface area contributed by atoms with E-state index in [1.54, 1.807) is 18.5 Å². The minimum atomic E-state index is -0.919. The summed E-state index contributed by atoms with van der Waals surface area (Å²) in [5, 5.41) is 12.3. The standard InChI is InChI=1S/C31H37N5O6/c1-21(40-22(2)38)29(39)34-26-6-3-5-25(17-26)30-41-27(18-28(42-30)24-9-7-23(20-37)8-10-24)19-35-13-15-36(16-14-35)31-32-11-4-12-33-31/h3-12,17,21,27-28,30,37H,13-16,18-20H2,1-2H3,(H,34,39)/t21-,27-,28+,30+/m0/s1. The number of benzene rings is 2. The molecule has 3 aromatic rings. The minimum Gasteiger partial charge on any atom is -0.453 e. The summed E-state index contributed by atoms with van der Waals surface area (Å²) in [6.07, 6.45) is 2.30. The molecule has 11 heteroatoms. The highest BCUT2D eigenvalue weighted by Gasteiger charge is 2.34. The second-order valence-corrected chi connectivity index (χ2v) is 10.6. The number of rotatable bonds is 9. The number of hydrogen-bond acceptors (Lipinski definition) is 10. The van der Waals surface area contributed by atoms with Crippen molar-refractivity contribution >= 4 is 23.5 Å².